The molecule has 1 fully saturated rings. The van der Waals surface area contributed by atoms with Crippen LogP contribution in [0.15, 0.2) is 30.3 Å². The summed E-state index contributed by atoms with van der Waals surface area (Å²) in [6.45, 7) is 7.70. The van der Waals surface area contributed by atoms with Crippen LogP contribution < -0.4 is 5.32 Å². The van der Waals surface area contributed by atoms with Crippen LogP contribution in [-0.4, -0.2) is 31.1 Å². The standard InChI is InChI=1S/C16H25NO2/c1-13(9-10-14-7-5-4-6-8-14)17-11-15-12-18-16(2,3)19-15/h4-8,13,15,17H,9-12H2,1-3H3. The Bertz CT molecular complexity index is 378. The molecule has 0 amide bonds. The van der Waals surface area contributed by atoms with Crippen LogP contribution >= 0.6 is 0 Å². The first-order chi connectivity index (χ1) is 9.05. The van der Waals surface area contributed by atoms with Gasteiger partial charge in [0.25, 0.3) is 0 Å². The molecule has 106 valence electrons. The minimum absolute atomic E-state index is 0.175. The minimum Gasteiger partial charge on any atom is -0.348 e. The van der Waals surface area contributed by atoms with E-state index < -0.39 is 5.79 Å². The molecule has 2 atom stereocenters. The van der Waals surface area contributed by atoms with E-state index in [9.17, 15) is 0 Å². The van der Waals surface area contributed by atoms with Gasteiger partial charge in [-0.1, -0.05) is 30.3 Å². The lowest BCUT2D eigenvalue weighted by Gasteiger charge is -2.19. The van der Waals surface area contributed by atoms with Crippen LogP contribution in [0.3, 0.4) is 0 Å². The highest BCUT2D eigenvalue weighted by Gasteiger charge is 2.32. The van der Waals surface area contributed by atoms with Crippen molar-refractivity contribution in [1.82, 2.24) is 5.32 Å². The van der Waals surface area contributed by atoms with Gasteiger partial charge in [-0.3, -0.25) is 0 Å². The third-order valence-electron chi connectivity index (χ3n) is 3.47. The van der Waals surface area contributed by atoms with E-state index in [2.05, 4.69) is 42.6 Å². The maximum Gasteiger partial charge on any atom is 0.163 e. The normalized spacial score (nSPS) is 23.4. The van der Waals surface area contributed by atoms with Crippen molar-refractivity contribution in [3.63, 3.8) is 0 Å². The molecule has 2 rings (SSSR count). The van der Waals surface area contributed by atoms with Gasteiger partial charge in [-0.15, -0.1) is 0 Å². The van der Waals surface area contributed by atoms with E-state index in [1.165, 1.54) is 5.56 Å². The van der Waals surface area contributed by atoms with Crippen LogP contribution in [0.5, 0.6) is 0 Å². The zero-order valence-corrected chi connectivity index (χ0v) is 12.2. The number of rotatable bonds is 6. The maximum absolute atomic E-state index is 5.78. The second-order valence-electron chi connectivity index (χ2n) is 5.78. The Morgan fingerprint density at radius 1 is 1.32 bits per heavy atom. The molecule has 0 saturated carbocycles. The summed E-state index contributed by atoms with van der Waals surface area (Å²) in [5, 5.41) is 3.53. The number of nitrogens with one attached hydrogen (secondary N) is 1. The van der Waals surface area contributed by atoms with E-state index in [-0.39, 0.29) is 6.10 Å². The lowest BCUT2D eigenvalue weighted by atomic mass is 10.1. The van der Waals surface area contributed by atoms with Crippen molar-refractivity contribution in [2.75, 3.05) is 13.2 Å². The van der Waals surface area contributed by atoms with Gasteiger partial charge in [0.1, 0.15) is 0 Å². The van der Waals surface area contributed by atoms with Crippen molar-refractivity contribution in [3.8, 4) is 0 Å². The highest BCUT2D eigenvalue weighted by Crippen LogP contribution is 2.21. The van der Waals surface area contributed by atoms with Gasteiger partial charge in [-0.05, 0) is 39.2 Å². The summed E-state index contributed by atoms with van der Waals surface area (Å²) in [5.41, 5.74) is 1.40. The second kappa shape index (κ2) is 6.51. The van der Waals surface area contributed by atoms with Gasteiger partial charge in [0.15, 0.2) is 5.79 Å². The molecule has 0 aliphatic carbocycles. The number of hydrogen-bond donors (Lipinski definition) is 1. The molecule has 3 heteroatoms. The molecular formula is C16H25NO2. The van der Waals surface area contributed by atoms with Crippen LogP contribution in [0.4, 0.5) is 0 Å². The zero-order chi connectivity index (χ0) is 13.7. The molecule has 1 saturated heterocycles. The molecule has 1 aliphatic heterocycles. The quantitative estimate of drug-likeness (QED) is 0.856. The number of ether oxygens (including phenoxy) is 2. The van der Waals surface area contributed by atoms with E-state index in [1.54, 1.807) is 0 Å². The number of aryl methyl sites for hydroxylation is 1. The summed E-state index contributed by atoms with van der Waals surface area (Å²) in [6.07, 6.45) is 2.43. The molecule has 1 heterocycles. The molecular weight excluding hydrogens is 238 g/mol. The van der Waals surface area contributed by atoms with Crippen LogP contribution in [0.1, 0.15) is 32.8 Å². The van der Waals surface area contributed by atoms with E-state index >= 15 is 0 Å². The van der Waals surface area contributed by atoms with E-state index in [0.717, 1.165) is 19.4 Å². The first kappa shape index (κ1) is 14.5. The monoisotopic (exact) mass is 263 g/mol. The SMILES string of the molecule is CC(CCc1ccccc1)NCC1COC(C)(C)O1. The Kier molecular flexibility index (Phi) is 4.97. The molecule has 3 nitrogen and oxygen atoms in total. The maximum atomic E-state index is 5.78. The fraction of sp³-hybridized carbons (Fsp3) is 0.625. The number of benzene rings is 1. The fourth-order valence-electron chi connectivity index (χ4n) is 2.33. The molecule has 1 aliphatic rings. The fourth-order valence-corrected chi connectivity index (χ4v) is 2.33. The van der Waals surface area contributed by atoms with Crippen LogP contribution in [0.25, 0.3) is 0 Å². The van der Waals surface area contributed by atoms with Crippen molar-refractivity contribution in [2.24, 2.45) is 0 Å². The summed E-state index contributed by atoms with van der Waals surface area (Å²) in [6, 6.07) is 11.1. The molecule has 1 N–H and O–H groups in total. The van der Waals surface area contributed by atoms with Crippen molar-refractivity contribution >= 4 is 0 Å². The van der Waals surface area contributed by atoms with Crippen LogP contribution in [0, 0.1) is 0 Å². The largest absolute Gasteiger partial charge is 0.348 e. The zero-order valence-electron chi connectivity index (χ0n) is 12.2. The van der Waals surface area contributed by atoms with Crippen LogP contribution in [0.2, 0.25) is 0 Å². The predicted octanol–water partition coefficient (Wildman–Crippen LogP) is 2.75. The third kappa shape index (κ3) is 4.94. The Morgan fingerprint density at radius 2 is 2.05 bits per heavy atom. The summed E-state index contributed by atoms with van der Waals surface area (Å²) < 4.78 is 11.3. The second-order valence-corrected chi connectivity index (χ2v) is 5.78. The predicted molar refractivity (Wildman–Crippen MR) is 77.1 cm³/mol. The molecule has 2 unspecified atom stereocenters. The first-order valence-electron chi connectivity index (χ1n) is 7.14. The van der Waals surface area contributed by atoms with E-state index in [4.69, 9.17) is 9.47 Å². The molecule has 1 aromatic carbocycles. The van der Waals surface area contributed by atoms with Gasteiger partial charge < -0.3 is 14.8 Å². The Labute approximate surface area is 116 Å². The highest BCUT2D eigenvalue weighted by molar-refractivity contribution is 5.14. The molecule has 0 aromatic heterocycles. The molecule has 0 radical (unpaired) electrons. The summed E-state index contributed by atoms with van der Waals surface area (Å²) in [7, 11) is 0. The lowest BCUT2D eigenvalue weighted by Crippen LogP contribution is -2.36. The molecule has 0 spiro atoms. The Hall–Kier alpha value is -0.900. The molecule has 0 bridgehead atoms. The molecule has 19 heavy (non-hydrogen) atoms. The number of hydrogen-bond acceptors (Lipinski definition) is 3. The van der Waals surface area contributed by atoms with Crippen molar-refractivity contribution < 1.29 is 9.47 Å². The Balaban J connectivity index is 1.64. The lowest BCUT2D eigenvalue weighted by molar-refractivity contribution is -0.137. The minimum atomic E-state index is -0.417. The van der Waals surface area contributed by atoms with Gasteiger partial charge in [0.2, 0.25) is 0 Å². The topological polar surface area (TPSA) is 30.5 Å². The summed E-state index contributed by atoms with van der Waals surface area (Å²) in [4.78, 5) is 0. The van der Waals surface area contributed by atoms with Gasteiger partial charge >= 0.3 is 0 Å². The highest BCUT2D eigenvalue weighted by atomic mass is 16.7. The van der Waals surface area contributed by atoms with E-state index in [0.29, 0.717) is 12.6 Å². The first-order valence-corrected chi connectivity index (χ1v) is 7.14. The van der Waals surface area contributed by atoms with Crippen molar-refractivity contribution in [2.45, 2.75) is 51.5 Å². The van der Waals surface area contributed by atoms with Crippen LogP contribution in [-0.2, 0) is 15.9 Å². The van der Waals surface area contributed by atoms with Gasteiger partial charge in [0, 0.05) is 12.6 Å². The summed E-state index contributed by atoms with van der Waals surface area (Å²) >= 11 is 0. The Morgan fingerprint density at radius 3 is 2.68 bits per heavy atom. The van der Waals surface area contributed by atoms with Gasteiger partial charge in [-0.2, -0.15) is 0 Å². The van der Waals surface area contributed by atoms with Crippen molar-refractivity contribution in [3.05, 3.63) is 35.9 Å². The van der Waals surface area contributed by atoms with E-state index in [1.807, 2.05) is 13.8 Å². The van der Waals surface area contributed by atoms with Gasteiger partial charge in [0.05, 0.1) is 12.7 Å². The molecule has 1 aromatic rings. The average Bonchev–Trinajstić information content (AvgIpc) is 2.75. The average molecular weight is 263 g/mol. The summed E-state index contributed by atoms with van der Waals surface area (Å²) in [5.74, 6) is -0.417. The third-order valence-corrected chi connectivity index (χ3v) is 3.47. The van der Waals surface area contributed by atoms with Crippen molar-refractivity contribution in [1.29, 1.82) is 0 Å². The smallest absolute Gasteiger partial charge is 0.163 e. The van der Waals surface area contributed by atoms with Gasteiger partial charge in [-0.25, -0.2) is 0 Å².